The minimum Gasteiger partial charge on any atom is -0.477 e. The van der Waals surface area contributed by atoms with Gasteiger partial charge in [-0.05, 0) is 6.07 Å². The summed E-state index contributed by atoms with van der Waals surface area (Å²) in [7, 11) is 1.60. The molecule has 3 radical (unpaired) electrons. The number of carbonyl (C=O) groups excluding carboxylic acids is 1. The lowest BCUT2D eigenvalue weighted by Crippen LogP contribution is -2.20. The highest BCUT2D eigenvalue weighted by Crippen LogP contribution is 2.18. The standard InChI is InChI=1S/C7H9N4O.2Al.HI/c1-10-7(12)4-3-11-6(9)2-5(4)8;;;/h2-3H,1H3,(H4-,8,9,10,11,12);;;1H/q-1;+1;+2;/p-2. The quantitative estimate of drug-likeness (QED) is 0.543. The van der Waals surface area contributed by atoms with Gasteiger partial charge in [0.1, 0.15) is 5.82 Å². The maximum Gasteiger partial charge on any atom is 0.470 e. The SMILES string of the molecule is CNC(=O)c1cnc([NH][Al])cc1[NH][Al][I]. The lowest BCUT2D eigenvalue weighted by atomic mass is 10.2. The average molecular weight is 345 g/mol. The topological polar surface area (TPSA) is 66.0 Å². The number of hydrogen-bond acceptors (Lipinski definition) is 4. The Balaban J connectivity index is 3.08. The average Bonchev–Trinajstić information content (AvgIpc) is 2.28. The van der Waals surface area contributed by atoms with Crippen LogP contribution in [-0.2, 0) is 0 Å². The van der Waals surface area contributed by atoms with Gasteiger partial charge in [-0.3, -0.25) is 4.79 Å². The van der Waals surface area contributed by atoms with Crippen LogP contribution in [0.25, 0.3) is 0 Å². The monoisotopic (exact) mass is 345 g/mol. The van der Waals surface area contributed by atoms with Crippen molar-refractivity contribution in [2.75, 3.05) is 15.6 Å². The predicted molar refractivity (Wildman–Crippen MR) is 70.4 cm³/mol. The molecule has 0 saturated carbocycles. The fraction of sp³-hybridized carbons (Fsp3) is 0.143. The van der Waals surface area contributed by atoms with Gasteiger partial charge in [-0.1, -0.05) is 0 Å². The Bertz CT molecular complexity index is 363. The second-order valence-electron chi connectivity index (χ2n) is 2.59. The summed E-state index contributed by atoms with van der Waals surface area (Å²) in [4.78, 5) is 15.6. The van der Waals surface area contributed by atoms with Gasteiger partial charge in [-0.25, -0.2) is 4.98 Å². The van der Waals surface area contributed by atoms with Crippen LogP contribution in [0.3, 0.4) is 0 Å². The summed E-state index contributed by atoms with van der Waals surface area (Å²) in [6.07, 6.45) is 1.55. The summed E-state index contributed by atoms with van der Waals surface area (Å²) < 4.78 is 6.04. The van der Waals surface area contributed by atoms with E-state index in [1.54, 1.807) is 13.2 Å². The zero-order valence-electron chi connectivity index (χ0n) is 8.04. The fourth-order valence-electron chi connectivity index (χ4n) is 1.03. The molecule has 0 saturated heterocycles. The van der Waals surface area contributed by atoms with Crippen LogP contribution in [0.2, 0.25) is 0 Å². The summed E-state index contributed by atoms with van der Waals surface area (Å²) in [6, 6.07) is 1.81. The van der Waals surface area contributed by atoms with Gasteiger partial charge < -0.3 is 13.9 Å². The number of aromatic nitrogens is 1. The van der Waals surface area contributed by atoms with Crippen molar-refractivity contribution in [2.45, 2.75) is 0 Å². The Kier molecular flexibility index (Phi) is 5.73. The first-order chi connectivity index (χ1) is 7.22. The molecule has 0 aliphatic carbocycles. The highest BCUT2D eigenvalue weighted by Gasteiger charge is 2.10. The zero-order valence-corrected chi connectivity index (χ0v) is 12.5. The molecule has 1 aromatic rings. The Morgan fingerprint density at radius 2 is 2.40 bits per heavy atom. The number of amides is 1. The molecule has 1 rings (SSSR count). The van der Waals surface area contributed by atoms with Gasteiger partial charge in [0.05, 0.1) is 5.56 Å². The highest BCUT2D eigenvalue weighted by molar-refractivity contribution is 14.1. The molecule has 0 unspecified atom stereocenters. The number of anilines is 2. The normalized spacial score (nSPS) is 9.20. The Morgan fingerprint density at radius 1 is 1.67 bits per heavy atom. The van der Waals surface area contributed by atoms with Crippen molar-refractivity contribution in [1.82, 2.24) is 10.3 Å². The van der Waals surface area contributed by atoms with Crippen LogP contribution in [0.4, 0.5) is 11.5 Å². The van der Waals surface area contributed by atoms with E-state index in [9.17, 15) is 4.79 Å². The Hall–Kier alpha value is 0.0149. The lowest BCUT2D eigenvalue weighted by Gasteiger charge is -2.11. The van der Waals surface area contributed by atoms with Crippen LogP contribution in [-0.4, -0.2) is 46.6 Å². The first-order valence-corrected chi connectivity index (χ1v) is 9.43. The molecule has 0 aromatic carbocycles. The zero-order chi connectivity index (χ0) is 11.3. The molecule has 0 fully saturated rings. The molecule has 0 aliphatic heterocycles. The third kappa shape index (κ3) is 3.51. The lowest BCUT2D eigenvalue weighted by molar-refractivity contribution is 0.0963. The van der Waals surface area contributed by atoms with E-state index in [1.807, 2.05) is 6.07 Å². The Labute approximate surface area is 114 Å². The van der Waals surface area contributed by atoms with Crippen LogP contribution in [0.15, 0.2) is 12.3 Å². The first-order valence-electron chi connectivity index (χ1n) is 4.10. The molecule has 15 heavy (non-hydrogen) atoms. The molecule has 75 valence electrons. The van der Waals surface area contributed by atoms with Gasteiger partial charge in [0.25, 0.3) is 5.91 Å². The number of nitrogens with zero attached hydrogens (tertiary/aromatic N) is 1. The molecule has 1 aromatic heterocycles. The Morgan fingerprint density at radius 3 is 2.93 bits per heavy atom. The molecule has 1 heterocycles. The van der Waals surface area contributed by atoms with Crippen molar-refractivity contribution in [1.29, 1.82) is 0 Å². The van der Waals surface area contributed by atoms with Gasteiger partial charge >= 0.3 is 28.7 Å². The molecular formula is C7H8Al2IN4O. The van der Waals surface area contributed by atoms with E-state index in [2.05, 4.69) is 55.7 Å². The van der Waals surface area contributed by atoms with Crippen molar-refractivity contribution in [2.24, 2.45) is 0 Å². The van der Waals surface area contributed by atoms with Gasteiger partial charge in [0.15, 0.2) is 0 Å². The molecule has 5 nitrogen and oxygen atoms in total. The van der Waals surface area contributed by atoms with E-state index in [0.29, 0.717) is 11.4 Å². The summed E-state index contributed by atoms with van der Waals surface area (Å²) in [5, 5.41) is 2.58. The van der Waals surface area contributed by atoms with E-state index in [-0.39, 0.29) is 18.1 Å². The number of rotatable bonds is 4. The second-order valence-corrected chi connectivity index (χ2v) is 5.26. The molecule has 0 aliphatic rings. The molecule has 1 amide bonds. The van der Waals surface area contributed by atoms with Gasteiger partial charge in [0.2, 0.25) is 0 Å². The molecule has 8 heteroatoms. The maximum absolute atomic E-state index is 11.5. The van der Waals surface area contributed by atoms with Gasteiger partial charge in [-0.2, -0.15) is 20.3 Å². The number of hydrogen-bond donors (Lipinski definition) is 3. The van der Waals surface area contributed by atoms with E-state index >= 15 is 0 Å². The minimum absolute atomic E-state index is 0.0549. The summed E-state index contributed by atoms with van der Waals surface area (Å²) in [6.45, 7) is 0. The van der Waals surface area contributed by atoms with E-state index in [0.717, 1.165) is 5.69 Å². The van der Waals surface area contributed by atoms with Crippen molar-refractivity contribution in [3.63, 3.8) is 0 Å². The van der Waals surface area contributed by atoms with E-state index in [1.165, 1.54) is 0 Å². The molecular weight excluding hydrogens is 337 g/mol. The summed E-state index contributed by atoms with van der Waals surface area (Å²) >= 11 is 4.68. The number of halogens is 1. The van der Waals surface area contributed by atoms with Crippen LogP contribution >= 0.6 is 20.3 Å². The molecule has 3 N–H and O–H groups in total. The summed E-state index contributed by atoms with van der Waals surface area (Å²) in [5.74, 6) is 0.573. The fourth-order valence-corrected chi connectivity index (χ4v) is 2.55. The van der Waals surface area contributed by atoms with Crippen molar-refractivity contribution in [3.05, 3.63) is 17.8 Å². The second kappa shape index (κ2) is 6.57. The largest absolute Gasteiger partial charge is 0.477 e. The van der Waals surface area contributed by atoms with E-state index < -0.39 is 0 Å². The van der Waals surface area contributed by atoms with Crippen LogP contribution in [0, 0.1) is 0 Å². The number of carbonyl (C=O) groups is 1. The molecule has 0 atom stereocenters. The van der Waals surface area contributed by atoms with Crippen LogP contribution < -0.4 is 13.9 Å². The third-order valence-electron chi connectivity index (χ3n) is 1.73. The highest BCUT2D eigenvalue weighted by atomic mass is 127. The predicted octanol–water partition coefficient (Wildman–Crippen LogP) is 0.318. The van der Waals surface area contributed by atoms with Gasteiger partial charge in [-0.15, -0.1) is 0 Å². The van der Waals surface area contributed by atoms with Crippen LogP contribution in [0.5, 0.6) is 0 Å². The van der Waals surface area contributed by atoms with Crippen LogP contribution in [0.1, 0.15) is 10.4 Å². The van der Waals surface area contributed by atoms with Gasteiger partial charge in [0, 0.05) is 18.9 Å². The third-order valence-corrected chi connectivity index (χ3v) is 3.38. The number of pyridine rings is 1. The van der Waals surface area contributed by atoms with Crippen molar-refractivity contribution >= 4 is 66.4 Å². The number of nitrogens with one attached hydrogen (secondary N) is 3. The first kappa shape index (κ1) is 13.1. The minimum atomic E-state index is -0.135. The smallest absolute Gasteiger partial charge is 0.470 e. The van der Waals surface area contributed by atoms with Crippen molar-refractivity contribution in [3.8, 4) is 0 Å². The maximum atomic E-state index is 11.5. The molecule has 0 spiro atoms. The van der Waals surface area contributed by atoms with Crippen molar-refractivity contribution < 1.29 is 4.79 Å². The van der Waals surface area contributed by atoms with E-state index in [4.69, 9.17) is 0 Å². The molecule has 0 bridgehead atoms. The summed E-state index contributed by atoms with van der Waals surface area (Å²) in [5.41, 5.74) is 1.37.